The molecule has 0 saturated heterocycles. The zero-order valence-electron chi connectivity index (χ0n) is 13.8. The zero-order chi connectivity index (χ0) is 15.2. The Bertz CT molecular complexity index is 600. The van der Waals surface area contributed by atoms with Gasteiger partial charge in [0.15, 0.2) is 0 Å². The summed E-state index contributed by atoms with van der Waals surface area (Å²) in [6.45, 7) is 5.21. The third kappa shape index (κ3) is 4.98. The Morgan fingerprint density at radius 1 is 1.13 bits per heavy atom. The highest BCUT2D eigenvalue weighted by Crippen LogP contribution is 2.26. The van der Waals surface area contributed by atoms with Crippen molar-refractivity contribution >= 4 is 12.4 Å². The molecular formula is C20H26ClNO. The van der Waals surface area contributed by atoms with Gasteiger partial charge in [0.25, 0.3) is 0 Å². The third-order valence-electron chi connectivity index (χ3n) is 4.39. The molecule has 1 heterocycles. The lowest BCUT2D eigenvalue weighted by molar-refractivity contribution is 0.310. The monoisotopic (exact) mass is 331 g/mol. The molecule has 0 aromatic heterocycles. The van der Waals surface area contributed by atoms with Crippen LogP contribution in [0.2, 0.25) is 0 Å². The van der Waals surface area contributed by atoms with Crippen LogP contribution in [-0.4, -0.2) is 19.7 Å². The van der Waals surface area contributed by atoms with Crippen molar-refractivity contribution in [2.75, 3.05) is 19.7 Å². The summed E-state index contributed by atoms with van der Waals surface area (Å²) in [5.74, 6) is 1.60. The summed E-state index contributed by atoms with van der Waals surface area (Å²) >= 11 is 0. The van der Waals surface area contributed by atoms with Gasteiger partial charge in [0.05, 0.1) is 6.61 Å². The Morgan fingerprint density at radius 3 is 2.78 bits per heavy atom. The van der Waals surface area contributed by atoms with E-state index < -0.39 is 0 Å². The molecule has 1 N–H and O–H groups in total. The minimum Gasteiger partial charge on any atom is -0.494 e. The van der Waals surface area contributed by atoms with Gasteiger partial charge in [0, 0.05) is 6.54 Å². The van der Waals surface area contributed by atoms with Gasteiger partial charge in [-0.05, 0) is 60.5 Å². The number of nitrogens with one attached hydrogen (secondary N) is 1. The van der Waals surface area contributed by atoms with Crippen molar-refractivity contribution in [3.63, 3.8) is 0 Å². The van der Waals surface area contributed by atoms with Crippen molar-refractivity contribution in [2.45, 2.75) is 32.1 Å². The molecule has 1 aliphatic heterocycles. The van der Waals surface area contributed by atoms with Gasteiger partial charge in [-0.25, -0.2) is 0 Å². The molecule has 0 saturated carbocycles. The summed E-state index contributed by atoms with van der Waals surface area (Å²) in [5, 5.41) is 3.49. The van der Waals surface area contributed by atoms with E-state index in [-0.39, 0.29) is 12.4 Å². The molecule has 0 unspecified atom stereocenters. The van der Waals surface area contributed by atoms with Gasteiger partial charge in [0.2, 0.25) is 0 Å². The first-order valence-corrected chi connectivity index (χ1v) is 8.33. The van der Waals surface area contributed by atoms with Gasteiger partial charge in [-0.3, -0.25) is 0 Å². The summed E-state index contributed by atoms with van der Waals surface area (Å²) in [6.07, 6.45) is 3.23. The molecule has 1 atom stereocenters. The lowest BCUT2D eigenvalue weighted by Gasteiger charge is -2.14. The van der Waals surface area contributed by atoms with Crippen LogP contribution in [0.5, 0.6) is 5.75 Å². The first kappa shape index (κ1) is 17.8. The van der Waals surface area contributed by atoms with Crippen molar-refractivity contribution in [1.29, 1.82) is 0 Å². The molecule has 0 fully saturated rings. The highest BCUT2D eigenvalue weighted by molar-refractivity contribution is 5.85. The van der Waals surface area contributed by atoms with E-state index >= 15 is 0 Å². The largest absolute Gasteiger partial charge is 0.494 e. The molecular weight excluding hydrogens is 306 g/mol. The fraction of sp³-hybridized carbons (Fsp3) is 0.400. The Morgan fingerprint density at radius 2 is 1.96 bits per heavy atom. The van der Waals surface area contributed by atoms with E-state index in [1.807, 2.05) is 0 Å². The fourth-order valence-electron chi connectivity index (χ4n) is 3.13. The third-order valence-corrected chi connectivity index (χ3v) is 4.39. The van der Waals surface area contributed by atoms with Crippen molar-refractivity contribution in [3.05, 3.63) is 65.2 Å². The first-order chi connectivity index (χ1) is 10.8. The predicted molar refractivity (Wildman–Crippen MR) is 98.9 cm³/mol. The number of fused-ring (bicyclic) bond motifs is 1. The quantitative estimate of drug-likeness (QED) is 0.821. The molecule has 1 aliphatic rings. The smallest absolute Gasteiger partial charge is 0.119 e. The van der Waals surface area contributed by atoms with Gasteiger partial charge in [-0.15, -0.1) is 12.4 Å². The maximum absolute atomic E-state index is 5.95. The molecule has 2 aromatic rings. The Hall–Kier alpha value is -1.51. The van der Waals surface area contributed by atoms with Gasteiger partial charge in [-0.1, -0.05) is 43.3 Å². The number of benzene rings is 2. The highest BCUT2D eigenvalue weighted by atomic mass is 35.5. The number of ether oxygens (including phenoxy) is 1. The Balaban J connectivity index is 0.00000192. The molecule has 124 valence electrons. The summed E-state index contributed by atoms with van der Waals surface area (Å²) < 4.78 is 5.95. The minimum absolute atomic E-state index is 0. The van der Waals surface area contributed by atoms with E-state index in [9.17, 15) is 0 Å². The standard InChI is InChI=1S/C20H25NO.ClH/c1-16-15-21-12-11-18-14-19(9-10-20(16)18)22-13-5-8-17-6-3-2-4-7-17;/h2-4,6-7,9-10,14,16,21H,5,8,11-13,15H2,1H3;1H/t16-;/m0./s1. The van der Waals surface area contributed by atoms with Gasteiger partial charge < -0.3 is 10.1 Å². The molecule has 3 rings (SSSR count). The van der Waals surface area contributed by atoms with E-state index in [1.165, 1.54) is 16.7 Å². The molecule has 2 nitrogen and oxygen atoms in total. The SMILES string of the molecule is C[C@H]1CNCCc2cc(OCCCc3ccccc3)ccc21.Cl. The fourth-order valence-corrected chi connectivity index (χ4v) is 3.13. The molecule has 23 heavy (non-hydrogen) atoms. The molecule has 2 aromatic carbocycles. The number of halogens is 1. The van der Waals surface area contributed by atoms with Crippen LogP contribution in [0.25, 0.3) is 0 Å². The van der Waals surface area contributed by atoms with E-state index in [1.54, 1.807) is 0 Å². The van der Waals surface area contributed by atoms with Crippen molar-refractivity contribution in [1.82, 2.24) is 5.32 Å². The Kier molecular flexibility index (Phi) is 6.94. The average Bonchev–Trinajstić information content (AvgIpc) is 2.74. The second-order valence-electron chi connectivity index (χ2n) is 6.15. The van der Waals surface area contributed by atoms with Crippen LogP contribution in [0, 0.1) is 0 Å². The van der Waals surface area contributed by atoms with Gasteiger partial charge >= 0.3 is 0 Å². The van der Waals surface area contributed by atoms with Crippen molar-refractivity contribution in [2.24, 2.45) is 0 Å². The van der Waals surface area contributed by atoms with Crippen LogP contribution in [0.1, 0.15) is 36.0 Å². The van der Waals surface area contributed by atoms with Gasteiger partial charge in [-0.2, -0.15) is 0 Å². The molecule has 3 heteroatoms. The van der Waals surface area contributed by atoms with Crippen LogP contribution in [0.4, 0.5) is 0 Å². The number of hydrogen-bond donors (Lipinski definition) is 1. The van der Waals surface area contributed by atoms with E-state index in [4.69, 9.17) is 4.74 Å². The van der Waals surface area contributed by atoms with Crippen LogP contribution in [0.3, 0.4) is 0 Å². The summed E-state index contributed by atoms with van der Waals surface area (Å²) in [5.41, 5.74) is 4.30. The summed E-state index contributed by atoms with van der Waals surface area (Å²) in [6, 6.07) is 17.2. The number of rotatable bonds is 5. The normalized spacial score (nSPS) is 16.8. The second kappa shape index (κ2) is 8.95. The van der Waals surface area contributed by atoms with E-state index in [0.717, 1.165) is 44.7 Å². The summed E-state index contributed by atoms with van der Waals surface area (Å²) in [7, 11) is 0. The lowest BCUT2D eigenvalue weighted by Crippen LogP contribution is -2.18. The molecule has 0 spiro atoms. The van der Waals surface area contributed by atoms with Crippen LogP contribution in [0.15, 0.2) is 48.5 Å². The maximum atomic E-state index is 5.95. The first-order valence-electron chi connectivity index (χ1n) is 8.33. The minimum atomic E-state index is 0. The van der Waals surface area contributed by atoms with Crippen molar-refractivity contribution < 1.29 is 4.74 Å². The van der Waals surface area contributed by atoms with Crippen LogP contribution < -0.4 is 10.1 Å². The molecule has 0 radical (unpaired) electrons. The molecule has 0 aliphatic carbocycles. The topological polar surface area (TPSA) is 21.3 Å². The Labute approximate surface area is 145 Å². The zero-order valence-corrected chi connectivity index (χ0v) is 14.6. The van der Waals surface area contributed by atoms with Crippen LogP contribution >= 0.6 is 12.4 Å². The van der Waals surface area contributed by atoms with Crippen molar-refractivity contribution in [3.8, 4) is 5.75 Å². The molecule has 0 bridgehead atoms. The number of aryl methyl sites for hydroxylation is 1. The number of hydrogen-bond acceptors (Lipinski definition) is 2. The van der Waals surface area contributed by atoms with Crippen LogP contribution in [-0.2, 0) is 12.8 Å². The highest BCUT2D eigenvalue weighted by Gasteiger charge is 2.14. The maximum Gasteiger partial charge on any atom is 0.119 e. The summed E-state index contributed by atoms with van der Waals surface area (Å²) in [4.78, 5) is 0. The van der Waals surface area contributed by atoms with Gasteiger partial charge in [0.1, 0.15) is 5.75 Å². The predicted octanol–water partition coefficient (Wildman–Crippen LogP) is 4.37. The molecule has 0 amide bonds. The second-order valence-corrected chi connectivity index (χ2v) is 6.15. The lowest BCUT2D eigenvalue weighted by atomic mass is 9.95. The average molecular weight is 332 g/mol. The van der Waals surface area contributed by atoms with E-state index in [2.05, 4.69) is 60.8 Å². The van der Waals surface area contributed by atoms with E-state index in [0.29, 0.717) is 5.92 Å².